The van der Waals surface area contributed by atoms with Crippen molar-refractivity contribution in [2.75, 3.05) is 5.75 Å². The lowest BCUT2D eigenvalue weighted by atomic mass is 10.0. The zero-order chi connectivity index (χ0) is 13.9. The number of phenolic OH excluding ortho intramolecular Hbond substituents is 1. The van der Waals surface area contributed by atoms with E-state index in [1.807, 2.05) is 36.9 Å². The van der Waals surface area contributed by atoms with Gasteiger partial charge in [-0.3, -0.25) is 0 Å². The molecular formula is C17H19NOS. The van der Waals surface area contributed by atoms with Crippen molar-refractivity contribution >= 4 is 11.8 Å². The third-order valence-electron chi connectivity index (χ3n) is 3.82. The molecule has 0 aliphatic carbocycles. The number of hydrogen-bond donors (Lipinski definition) is 2. The van der Waals surface area contributed by atoms with Crippen molar-refractivity contribution in [3.05, 3.63) is 59.2 Å². The van der Waals surface area contributed by atoms with Crippen LogP contribution in [0.4, 0.5) is 0 Å². The number of hydrogen-bond acceptors (Lipinski definition) is 3. The molecule has 20 heavy (non-hydrogen) atoms. The highest BCUT2D eigenvalue weighted by atomic mass is 32.2. The highest BCUT2D eigenvalue weighted by molar-refractivity contribution is 7.99. The standard InChI is InChI=1S/C17H19NOS/c1-12-5-4-6-13(17(12)19)11-18-15-9-10-20-16-8-3-2-7-14(15)16/h2-8,15,18-19H,9-11H2,1H3. The van der Waals surface area contributed by atoms with Crippen LogP contribution in [0.25, 0.3) is 0 Å². The number of aryl methyl sites for hydroxylation is 1. The number of fused-ring (bicyclic) bond motifs is 1. The van der Waals surface area contributed by atoms with Gasteiger partial charge in [0, 0.05) is 23.0 Å². The fraction of sp³-hybridized carbons (Fsp3) is 0.294. The molecule has 0 saturated carbocycles. The maximum Gasteiger partial charge on any atom is 0.122 e. The predicted octanol–water partition coefficient (Wildman–Crippen LogP) is 4.03. The molecule has 0 amide bonds. The van der Waals surface area contributed by atoms with Gasteiger partial charge in [-0.25, -0.2) is 0 Å². The Balaban J connectivity index is 1.75. The maximum atomic E-state index is 10.1. The van der Waals surface area contributed by atoms with E-state index in [9.17, 15) is 5.11 Å². The molecule has 104 valence electrons. The Morgan fingerprint density at radius 1 is 1.20 bits per heavy atom. The summed E-state index contributed by atoms with van der Waals surface area (Å²) in [7, 11) is 0. The van der Waals surface area contributed by atoms with E-state index < -0.39 is 0 Å². The summed E-state index contributed by atoms with van der Waals surface area (Å²) in [6, 6.07) is 14.9. The Morgan fingerprint density at radius 2 is 2.05 bits per heavy atom. The van der Waals surface area contributed by atoms with E-state index in [0.717, 1.165) is 23.3 Å². The van der Waals surface area contributed by atoms with Gasteiger partial charge in [0.25, 0.3) is 0 Å². The van der Waals surface area contributed by atoms with E-state index in [1.165, 1.54) is 10.5 Å². The van der Waals surface area contributed by atoms with Gasteiger partial charge in [-0.1, -0.05) is 36.4 Å². The fourth-order valence-electron chi connectivity index (χ4n) is 2.65. The van der Waals surface area contributed by atoms with Gasteiger partial charge in [-0.05, 0) is 36.3 Å². The molecule has 1 atom stereocenters. The first-order valence-corrected chi connectivity index (χ1v) is 7.97. The van der Waals surface area contributed by atoms with Gasteiger partial charge in [-0.2, -0.15) is 0 Å². The third kappa shape index (κ3) is 2.69. The molecule has 1 aliphatic rings. The van der Waals surface area contributed by atoms with Gasteiger partial charge in [0.05, 0.1) is 0 Å². The molecule has 3 rings (SSSR count). The number of nitrogens with one attached hydrogen (secondary N) is 1. The lowest BCUT2D eigenvalue weighted by Crippen LogP contribution is -2.24. The van der Waals surface area contributed by atoms with Crippen LogP contribution in [0, 0.1) is 6.92 Å². The average Bonchev–Trinajstić information content (AvgIpc) is 2.49. The van der Waals surface area contributed by atoms with E-state index in [2.05, 4.69) is 29.6 Å². The second kappa shape index (κ2) is 5.90. The van der Waals surface area contributed by atoms with Gasteiger partial charge >= 0.3 is 0 Å². The second-order valence-corrected chi connectivity index (χ2v) is 6.33. The molecule has 0 saturated heterocycles. The van der Waals surface area contributed by atoms with Crippen molar-refractivity contribution < 1.29 is 5.11 Å². The lowest BCUT2D eigenvalue weighted by Gasteiger charge is -2.26. The molecule has 1 heterocycles. The number of phenols is 1. The van der Waals surface area contributed by atoms with Crippen molar-refractivity contribution in [1.82, 2.24) is 5.32 Å². The van der Waals surface area contributed by atoms with E-state index >= 15 is 0 Å². The first kappa shape index (κ1) is 13.5. The molecule has 1 aliphatic heterocycles. The Bertz CT molecular complexity index is 612. The summed E-state index contributed by atoms with van der Waals surface area (Å²) in [5.74, 6) is 1.56. The molecule has 3 heteroatoms. The van der Waals surface area contributed by atoms with Gasteiger partial charge in [0.2, 0.25) is 0 Å². The van der Waals surface area contributed by atoms with Gasteiger partial charge in [0.1, 0.15) is 5.75 Å². The quantitative estimate of drug-likeness (QED) is 0.893. The lowest BCUT2D eigenvalue weighted by molar-refractivity contribution is 0.450. The Morgan fingerprint density at radius 3 is 2.95 bits per heavy atom. The van der Waals surface area contributed by atoms with Crippen molar-refractivity contribution in [1.29, 1.82) is 0 Å². The molecule has 2 N–H and O–H groups in total. The number of thioether (sulfide) groups is 1. The monoisotopic (exact) mass is 285 g/mol. The summed E-state index contributed by atoms with van der Waals surface area (Å²) < 4.78 is 0. The highest BCUT2D eigenvalue weighted by Gasteiger charge is 2.19. The fourth-order valence-corrected chi connectivity index (χ4v) is 3.77. The predicted molar refractivity (Wildman–Crippen MR) is 84.2 cm³/mol. The van der Waals surface area contributed by atoms with Crippen LogP contribution < -0.4 is 5.32 Å². The first-order chi connectivity index (χ1) is 9.75. The third-order valence-corrected chi connectivity index (χ3v) is 4.94. The van der Waals surface area contributed by atoms with Gasteiger partial charge < -0.3 is 10.4 Å². The number of para-hydroxylation sites is 1. The number of aromatic hydroxyl groups is 1. The zero-order valence-corrected chi connectivity index (χ0v) is 12.4. The molecular weight excluding hydrogens is 266 g/mol. The van der Waals surface area contributed by atoms with Crippen LogP contribution in [0.3, 0.4) is 0 Å². The van der Waals surface area contributed by atoms with Crippen LogP contribution >= 0.6 is 11.8 Å². The first-order valence-electron chi connectivity index (χ1n) is 6.98. The Labute approximate surface area is 124 Å². The maximum absolute atomic E-state index is 10.1. The molecule has 0 aromatic heterocycles. The molecule has 2 nitrogen and oxygen atoms in total. The van der Waals surface area contributed by atoms with Gasteiger partial charge in [-0.15, -0.1) is 11.8 Å². The summed E-state index contributed by atoms with van der Waals surface area (Å²) in [5, 5.41) is 13.7. The van der Waals surface area contributed by atoms with Gasteiger partial charge in [0.15, 0.2) is 0 Å². The van der Waals surface area contributed by atoms with E-state index in [0.29, 0.717) is 18.3 Å². The van der Waals surface area contributed by atoms with Crippen LogP contribution in [0.5, 0.6) is 5.75 Å². The summed E-state index contributed by atoms with van der Waals surface area (Å²) in [5.41, 5.74) is 3.29. The number of benzene rings is 2. The minimum absolute atomic E-state index is 0.382. The summed E-state index contributed by atoms with van der Waals surface area (Å²) in [6.45, 7) is 2.64. The largest absolute Gasteiger partial charge is 0.507 e. The number of rotatable bonds is 3. The highest BCUT2D eigenvalue weighted by Crippen LogP contribution is 2.36. The topological polar surface area (TPSA) is 32.3 Å². The second-order valence-electron chi connectivity index (χ2n) is 5.19. The van der Waals surface area contributed by atoms with Crippen LogP contribution in [0.15, 0.2) is 47.4 Å². The van der Waals surface area contributed by atoms with Crippen LogP contribution in [-0.4, -0.2) is 10.9 Å². The van der Waals surface area contributed by atoms with Crippen molar-refractivity contribution in [3.63, 3.8) is 0 Å². The summed E-state index contributed by atoms with van der Waals surface area (Å²) in [4.78, 5) is 1.38. The zero-order valence-electron chi connectivity index (χ0n) is 11.6. The smallest absolute Gasteiger partial charge is 0.122 e. The molecule has 2 aromatic carbocycles. The van der Waals surface area contributed by atoms with Crippen molar-refractivity contribution in [2.45, 2.75) is 30.8 Å². The molecule has 2 aromatic rings. The van der Waals surface area contributed by atoms with Crippen LogP contribution in [0.1, 0.15) is 29.2 Å². The Kier molecular flexibility index (Phi) is 3.99. The average molecular weight is 285 g/mol. The van der Waals surface area contributed by atoms with Crippen molar-refractivity contribution in [3.8, 4) is 5.75 Å². The summed E-state index contributed by atoms with van der Waals surface area (Å²) in [6.07, 6.45) is 1.13. The molecule has 0 bridgehead atoms. The van der Waals surface area contributed by atoms with E-state index in [1.54, 1.807) is 0 Å². The van der Waals surface area contributed by atoms with Crippen molar-refractivity contribution in [2.24, 2.45) is 0 Å². The van der Waals surface area contributed by atoms with E-state index in [-0.39, 0.29) is 0 Å². The Hall–Kier alpha value is -1.45. The van der Waals surface area contributed by atoms with Crippen LogP contribution in [0.2, 0.25) is 0 Å². The van der Waals surface area contributed by atoms with Crippen LogP contribution in [-0.2, 0) is 6.54 Å². The molecule has 0 fully saturated rings. The summed E-state index contributed by atoms with van der Waals surface area (Å²) >= 11 is 1.93. The van der Waals surface area contributed by atoms with E-state index in [4.69, 9.17) is 0 Å². The molecule has 0 radical (unpaired) electrons. The minimum atomic E-state index is 0.382. The normalized spacial score (nSPS) is 17.8. The minimum Gasteiger partial charge on any atom is -0.507 e. The molecule has 0 spiro atoms. The SMILES string of the molecule is Cc1cccc(CNC2CCSc3ccccc32)c1O. The molecule has 1 unspecified atom stereocenters.